The van der Waals surface area contributed by atoms with Crippen LogP contribution in [-0.4, -0.2) is 57.5 Å². The standard InChI is InChI=1S/C17H15N.3C16H14N2.C15H13N3.C10H10N2/c1-14-12-13-17(15-8-4-2-5-9-15)18(14)16-10-6-3-7-11-16;1-13-17-16(14-8-4-2-5-9-14)12-18(13)15-10-6-3-7-11-15;1-13-12-17-16(14-8-4-2-5-9-14)18(13)15-10-6-3-7-11-15;1-13-6-5-7-14(12-13)16-17-10-11-18(16)15-8-3-2-4-9-15;1-12-16-17-15(13-8-4-2-5-9-13)18(12)14-10-6-3-7-11-14;1-9-11-7-8-12(9)10-5-3-2-4-6-10/h2-13H,1H3;3*2-12H,1H3;2-11H,1H3;2-8H,1H3. The molecule has 0 unspecified atom stereocenters. The van der Waals surface area contributed by atoms with E-state index in [-0.39, 0.29) is 0 Å². The first-order valence-corrected chi connectivity index (χ1v) is 34.0. The summed E-state index contributed by atoms with van der Waals surface area (Å²) in [5.41, 5.74) is 18.5. The van der Waals surface area contributed by atoms with E-state index >= 15 is 0 Å². The molecule has 0 radical (unpaired) electrons. The fourth-order valence-corrected chi connectivity index (χ4v) is 11.9. The fraction of sp³-hybridized carbons (Fsp3) is 0.0667. The van der Waals surface area contributed by atoms with Crippen molar-refractivity contribution in [2.45, 2.75) is 41.5 Å². The number of hydrogen-bond acceptors (Lipinski definition) is 6. The monoisotopic (exact) mass is 1330 g/mol. The maximum Gasteiger partial charge on any atom is 0.168 e. The highest BCUT2D eigenvalue weighted by atomic mass is 15.3. The molecule has 6 heterocycles. The first kappa shape index (κ1) is 68.6. The van der Waals surface area contributed by atoms with Gasteiger partial charge in [-0.25, -0.2) is 19.9 Å². The molecule has 17 rings (SSSR count). The lowest BCUT2D eigenvalue weighted by Crippen LogP contribution is -1.99. The minimum Gasteiger partial charge on any atom is -0.314 e. The number of rotatable bonds is 11. The zero-order valence-corrected chi connectivity index (χ0v) is 58.2. The van der Waals surface area contributed by atoms with Crippen molar-refractivity contribution in [1.29, 1.82) is 0 Å². The van der Waals surface area contributed by atoms with E-state index in [1.807, 2.05) is 222 Å². The molecule has 500 valence electrons. The molecule has 0 spiro atoms. The van der Waals surface area contributed by atoms with Gasteiger partial charge in [0.15, 0.2) is 5.82 Å². The molecule has 6 aromatic heterocycles. The maximum atomic E-state index is 4.62. The number of hydrogen-bond donors (Lipinski definition) is 0. The highest BCUT2D eigenvalue weighted by molar-refractivity contribution is 5.65. The van der Waals surface area contributed by atoms with Crippen molar-refractivity contribution < 1.29 is 0 Å². The Bertz CT molecular complexity index is 5020. The predicted octanol–water partition coefficient (Wildman–Crippen LogP) is 21.4. The summed E-state index contributed by atoms with van der Waals surface area (Å²) in [6.45, 7) is 12.3. The molecule has 0 atom stereocenters. The van der Waals surface area contributed by atoms with Crippen LogP contribution < -0.4 is 0 Å². The van der Waals surface area contributed by atoms with Crippen molar-refractivity contribution in [2.24, 2.45) is 0 Å². The lowest BCUT2D eigenvalue weighted by Gasteiger charge is -2.11. The van der Waals surface area contributed by atoms with E-state index in [9.17, 15) is 0 Å². The maximum absolute atomic E-state index is 4.62. The van der Waals surface area contributed by atoms with Crippen molar-refractivity contribution in [3.63, 3.8) is 0 Å². The molecule has 0 aliphatic rings. The van der Waals surface area contributed by atoms with Crippen LogP contribution in [0.25, 0.3) is 90.8 Å². The average Bonchev–Trinajstić information content (AvgIpc) is 1.66. The fourth-order valence-electron chi connectivity index (χ4n) is 11.9. The molecule has 12 heteroatoms. The molecular weight excluding hydrogens is 1250 g/mol. The van der Waals surface area contributed by atoms with E-state index in [1.54, 1.807) is 0 Å². The first-order chi connectivity index (χ1) is 50.1. The van der Waals surface area contributed by atoms with Gasteiger partial charge in [-0.2, -0.15) is 0 Å². The highest BCUT2D eigenvalue weighted by Gasteiger charge is 2.15. The molecule has 0 aliphatic carbocycles. The largest absolute Gasteiger partial charge is 0.314 e. The molecule has 0 saturated heterocycles. The molecule has 0 N–H and O–H groups in total. The first-order valence-electron chi connectivity index (χ1n) is 34.0. The highest BCUT2D eigenvalue weighted by Crippen LogP contribution is 2.29. The SMILES string of the molecule is Cc1ccc(-c2ccccc2)n1-c1ccccc1.Cc1cccc(-c2nccn2-c2ccccc2)c1.Cc1cnc(-c2ccccc2)n1-c1ccccc1.Cc1nc(-c2ccccc2)cn1-c1ccccc1.Cc1nccn1-c1ccccc1.Cc1nnc(-c2ccccc2)n1-c1ccccc1. The summed E-state index contributed by atoms with van der Waals surface area (Å²) in [6, 6.07) is 116. The predicted molar refractivity (Wildman–Crippen MR) is 417 cm³/mol. The van der Waals surface area contributed by atoms with Gasteiger partial charge < -0.3 is 13.7 Å². The second-order valence-electron chi connectivity index (χ2n) is 24.0. The summed E-state index contributed by atoms with van der Waals surface area (Å²) in [6.07, 6.45) is 11.6. The van der Waals surface area contributed by atoms with Crippen molar-refractivity contribution in [3.8, 4) is 90.8 Å². The third-order valence-corrected chi connectivity index (χ3v) is 16.8. The average molecular weight is 1330 g/mol. The Labute approximate surface area is 597 Å². The molecule has 0 amide bonds. The van der Waals surface area contributed by atoms with Gasteiger partial charge in [0.1, 0.15) is 29.1 Å². The molecular formula is C90H80N12. The molecule has 12 nitrogen and oxygen atoms in total. The molecule has 0 bridgehead atoms. The van der Waals surface area contributed by atoms with Crippen LogP contribution in [0.2, 0.25) is 0 Å². The smallest absolute Gasteiger partial charge is 0.168 e. The van der Waals surface area contributed by atoms with Gasteiger partial charge >= 0.3 is 0 Å². The van der Waals surface area contributed by atoms with Gasteiger partial charge in [0, 0.05) is 105 Å². The topological polar surface area (TPSA) is 107 Å². The van der Waals surface area contributed by atoms with Crippen LogP contribution in [0.4, 0.5) is 0 Å². The number of aryl methyl sites for hydroxylation is 6. The van der Waals surface area contributed by atoms with Crippen LogP contribution in [-0.2, 0) is 0 Å². The van der Waals surface area contributed by atoms with Gasteiger partial charge in [-0.3, -0.25) is 13.7 Å². The van der Waals surface area contributed by atoms with Crippen LogP contribution in [0.3, 0.4) is 0 Å². The molecule has 11 aromatic carbocycles. The van der Waals surface area contributed by atoms with Crippen LogP contribution >= 0.6 is 0 Å². The van der Waals surface area contributed by atoms with Crippen molar-refractivity contribution in [2.75, 3.05) is 0 Å². The number of aromatic nitrogens is 12. The summed E-state index contributed by atoms with van der Waals surface area (Å²) in [5, 5.41) is 8.46. The molecule has 17 aromatic rings. The van der Waals surface area contributed by atoms with Crippen LogP contribution in [0.1, 0.15) is 34.4 Å². The Hall–Kier alpha value is -13.3. The Kier molecular flexibility index (Phi) is 23.0. The van der Waals surface area contributed by atoms with E-state index < -0.39 is 0 Å². The Balaban J connectivity index is 0.000000116. The van der Waals surface area contributed by atoms with E-state index in [4.69, 9.17) is 0 Å². The van der Waals surface area contributed by atoms with Gasteiger partial charge in [-0.05, 0) is 138 Å². The summed E-state index contributed by atoms with van der Waals surface area (Å²) < 4.78 is 12.8. The van der Waals surface area contributed by atoms with E-state index in [1.165, 1.54) is 28.2 Å². The van der Waals surface area contributed by atoms with Crippen molar-refractivity contribution in [3.05, 3.63) is 411 Å². The third-order valence-electron chi connectivity index (χ3n) is 16.8. The van der Waals surface area contributed by atoms with Gasteiger partial charge in [0.05, 0.1) is 11.4 Å². The number of nitrogens with zero attached hydrogens (tertiary/aromatic N) is 12. The molecule has 0 fully saturated rings. The lowest BCUT2D eigenvalue weighted by molar-refractivity contribution is 0.972. The van der Waals surface area contributed by atoms with E-state index in [0.717, 1.165) is 97.0 Å². The van der Waals surface area contributed by atoms with Crippen LogP contribution in [0, 0.1) is 41.5 Å². The van der Waals surface area contributed by atoms with Crippen LogP contribution in [0.15, 0.2) is 377 Å². The van der Waals surface area contributed by atoms with Gasteiger partial charge in [-0.1, -0.05) is 254 Å². The number of para-hydroxylation sites is 6. The summed E-state index contributed by atoms with van der Waals surface area (Å²) in [7, 11) is 0. The Morgan fingerprint density at radius 3 is 1.17 bits per heavy atom. The van der Waals surface area contributed by atoms with Crippen molar-refractivity contribution >= 4 is 0 Å². The van der Waals surface area contributed by atoms with Gasteiger partial charge in [0.2, 0.25) is 0 Å². The summed E-state index contributed by atoms with van der Waals surface area (Å²) in [5.74, 6) is 5.74. The van der Waals surface area contributed by atoms with Gasteiger partial charge in [0.25, 0.3) is 0 Å². The van der Waals surface area contributed by atoms with E-state index in [2.05, 4.69) is 254 Å². The normalized spacial score (nSPS) is 10.5. The Morgan fingerprint density at radius 2 is 0.667 bits per heavy atom. The van der Waals surface area contributed by atoms with Gasteiger partial charge in [-0.15, -0.1) is 10.2 Å². The number of imidazole rings is 4. The van der Waals surface area contributed by atoms with E-state index in [0.29, 0.717) is 0 Å². The zero-order chi connectivity index (χ0) is 70.2. The van der Waals surface area contributed by atoms with Crippen molar-refractivity contribution in [1.82, 2.24) is 57.5 Å². The number of benzene rings is 11. The summed E-state index contributed by atoms with van der Waals surface area (Å²) >= 11 is 0. The molecule has 0 aliphatic heterocycles. The quantitative estimate of drug-likeness (QED) is 0.128. The lowest BCUT2D eigenvalue weighted by atomic mass is 10.1. The Morgan fingerprint density at radius 1 is 0.255 bits per heavy atom. The summed E-state index contributed by atoms with van der Waals surface area (Å²) in [4.78, 5) is 17.8. The molecule has 102 heavy (non-hydrogen) atoms. The minimum atomic E-state index is 0.874. The second-order valence-corrected chi connectivity index (χ2v) is 24.0. The third kappa shape index (κ3) is 17.3. The van der Waals surface area contributed by atoms with Crippen LogP contribution in [0.5, 0.6) is 0 Å². The molecule has 0 saturated carbocycles. The second kappa shape index (κ2) is 34.3. The minimum absolute atomic E-state index is 0.874. The zero-order valence-electron chi connectivity index (χ0n) is 58.2.